The first-order valence-electron chi connectivity index (χ1n) is 9.97. The van der Waals surface area contributed by atoms with E-state index in [9.17, 15) is 4.79 Å². The Kier molecular flexibility index (Phi) is 6.05. The zero-order chi connectivity index (χ0) is 20.9. The van der Waals surface area contributed by atoms with Crippen molar-refractivity contribution in [3.63, 3.8) is 0 Å². The average Bonchev–Trinajstić information content (AvgIpc) is 3.23. The van der Waals surface area contributed by atoms with Crippen molar-refractivity contribution in [1.82, 2.24) is 15.3 Å². The number of hydrogen-bond donors (Lipinski definition) is 1. The van der Waals surface area contributed by atoms with Crippen LogP contribution in [-0.2, 0) is 4.79 Å². The molecule has 2 aromatic carbocycles. The van der Waals surface area contributed by atoms with Crippen LogP contribution in [0.2, 0.25) is 0 Å². The zero-order valence-electron chi connectivity index (χ0n) is 17.1. The minimum atomic E-state index is -0.0138. The molecule has 0 aliphatic heterocycles. The molecule has 1 amide bonds. The number of fused-ring (bicyclic) bond motifs is 1. The summed E-state index contributed by atoms with van der Waals surface area (Å²) in [6.45, 7) is 2.58. The van der Waals surface area contributed by atoms with Gasteiger partial charge in [-0.15, -0.1) is 11.3 Å². The topological polar surface area (TPSA) is 58.1 Å². The Hall–Kier alpha value is -3.25. The van der Waals surface area contributed by atoms with Crippen molar-refractivity contribution in [3.05, 3.63) is 78.6 Å². The van der Waals surface area contributed by atoms with Gasteiger partial charge in [-0.2, -0.15) is 0 Å². The van der Waals surface area contributed by atoms with Gasteiger partial charge < -0.3 is 10.2 Å². The van der Waals surface area contributed by atoms with Crippen molar-refractivity contribution in [3.8, 4) is 10.4 Å². The first-order valence-corrected chi connectivity index (χ1v) is 10.8. The van der Waals surface area contributed by atoms with E-state index in [1.165, 1.54) is 5.56 Å². The minimum Gasteiger partial charge on any atom is -0.359 e. The molecule has 2 heterocycles. The summed E-state index contributed by atoms with van der Waals surface area (Å²) in [5.74, 6) is 0.876. The first kappa shape index (κ1) is 20.0. The second-order valence-corrected chi connectivity index (χ2v) is 8.29. The van der Waals surface area contributed by atoms with Crippen LogP contribution < -0.4 is 10.2 Å². The van der Waals surface area contributed by atoms with Gasteiger partial charge in [0.2, 0.25) is 5.91 Å². The molecule has 0 saturated heterocycles. The first-order chi connectivity index (χ1) is 14.6. The maximum Gasteiger partial charge on any atom is 0.222 e. The van der Waals surface area contributed by atoms with E-state index in [1.807, 2.05) is 67.4 Å². The molecule has 0 bridgehead atoms. The number of benzene rings is 2. The number of aromatic nitrogens is 2. The van der Waals surface area contributed by atoms with Gasteiger partial charge in [0.1, 0.15) is 17.0 Å². The van der Waals surface area contributed by atoms with Crippen LogP contribution in [0.3, 0.4) is 0 Å². The second-order valence-electron chi connectivity index (χ2n) is 7.26. The van der Waals surface area contributed by atoms with Crippen molar-refractivity contribution in [2.75, 3.05) is 18.5 Å². The maximum absolute atomic E-state index is 12.4. The predicted octanol–water partition coefficient (Wildman–Crippen LogP) is 5.06. The summed E-state index contributed by atoms with van der Waals surface area (Å²) in [6.07, 6.45) is 1.99. The van der Waals surface area contributed by atoms with Crippen LogP contribution in [0.15, 0.2) is 73.1 Å². The van der Waals surface area contributed by atoms with Crippen LogP contribution in [0, 0.1) is 0 Å². The van der Waals surface area contributed by atoms with E-state index in [1.54, 1.807) is 17.7 Å². The summed E-state index contributed by atoms with van der Waals surface area (Å²) < 4.78 is 0. The number of hydrogen-bond acceptors (Lipinski definition) is 5. The number of anilines is 1. The molecule has 0 radical (unpaired) electrons. The molecule has 0 aliphatic carbocycles. The number of nitrogens with one attached hydrogen (secondary N) is 1. The van der Waals surface area contributed by atoms with Gasteiger partial charge in [-0.1, -0.05) is 60.7 Å². The van der Waals surface area contributed by atoms with Gasteiger partial charge in [0.05, 0.1) is 11.4 Å². The summed E-state index contributed by atoms with van der Waals surface area (Å²) in [6, 6.07) is 22.4. The minimum absolute atomic E-state index is 0.0138. The van der Waals surface area contributed by atoms with E-state index in [0.717, 1.165) is 26.5 Å². The Morgan fingerprint density at radius 3 is 2.50 bits per heavy atom. The molecule has 4 rings (SSSR count). The van der Waals surface area contributed by atoms with Crippen molar-refractivity contribution in [1.29, 1.82) is 0 Å². The monoisotopic (exact) mass is 416 g/mol. The van der Waals surface area contributed by atoms with E-state index in [0.29, 0.717) is 13.0 Å². The molecule has 4 aromatic rings. The molecular formula is C24H24N4OS. The van der Waals surface area contributed by atoms with E-state index in [4.69, 9.17) is 0 Å². The van der Waals surface area contributed by atoms with Crippen molar-refractivity contribution < 1.29 is 4.79 Å². The Morgan fingerprint density at radius 1 is 1.07 bits per heavy atom. The van der Waals surface area contributed by atoms with E-state index in [2.05, 4.69) is 33.5 Å². The summed E-state index contributed by atoms with van der Waals surface area (Å²) in [5.41, 5.74) is 2.27. The molecule has 1 unspecified atom stereocenters. The molecular weight excluding hydrogens is 392 g/mol. The smallest absolute Gasteiger partial charge is 0.222 e. The molecule has 0 aliphatic rings. The Balaban J connectivity index is 1.44. The van der Waals surface area contributed by atoms with Crippen LogP contribution in [0.5, 0.6) is 0 Å². The lowest BCUT2D eigenvalue weighted by atomic mass is 10.1. The fourth-order valence-corrected chi connectivity index (χ4v) is 4.40. The Bertz CT molecular complexity index is 1130. The summed E-state index contributed by atoms with van der Waals surface area (Å²) in [5, 5.41) is 4.09. The Labute approximate surface area is 180 Å². The maximum atomic E-state index is 12.4. The van der Waals surface area contributed by atoms with Gasteiger partial charge in [-0.05, 0) is 24.1 Å². The highest BCUT2D eigenvalue weighted by Crippen LogP contribution is 2.35. The molecule has 1 N–H and O–H groups in total. The van der Waals surface area contributed by atoms with Gasteiger partial charge >= 0.3 is 0 Å². The van der Waals surface area contributed by atoms with Crippen LogP contribution in [-0.4, -0.2) is 29.5 Å². The van der Waals surface area contributed by atoms with Crippen LogP contribution in [0.4, 0.5) is 5.82 Å². The number of nitrogens with zero attached hydrogens (tertiary/aromatic N) is 3. The highest BCUT2D eigenvalue weighted by atomic mass is 32.1. The SMILES string of the molecule is CC(NC(=O)CCN(C)c1ncnc2sc(-c3ccccc3)cc12)c1ccccc1. The fraction of sp³-hybridized carbons (Fsp3) is 0.208. The van der Waals surface area contributed by atoms with Gasteiger partial charge in [-0.25, -0.2) is 9.97 Å². The third-order valence-electron chi connectivity index (χ3n) is 5.08. The van der Waals surface area contributed by atoms with Gasteiger partial charge in [0.25, 0.3) is 0 Å². The number of amides is 1. The number of carbonyl (C=O) groups is 1. The van der Waals surface area contributed by atoms with Gasteiger partial charge in [0, 0.05) is 24.9 Å². The molecule has 0 fully saturated rings. The quantitative estimate of drug-likeness (QED) is 0.457. The second kappa shape index (κ2) is 9.05. The highest BCUT2D eigenvalue weighted by molar-refractivity contribution is 7.21. The van der Waals surface area contributed by atoms with Crippen LogP contribution >= 0.6 is 11.3 Å². The predicted molar refractivity (Wildman–Crippen MR) is 124 cm³/mol. The normalized spacial score (nSPS) is 11.9. The molecule has 0 saturated carbocycles. The lowest BCUT2D eigenvalue weighted by molar-refractivity contribution is -0.121. The zero-order valence-corrected chi connectivity index (χ0v) is 17.9. The molecule has 152 valence electrons. The van der Waals surface area contributed by atoms with Crippen LogP contribution in [0.1, 0.15) is 24.9 Å². The third-order valence-corrected chi connectivity index (χ3v) is 6.17. The Morgan fingerprint density at radius 2 is 1.77 bits per heavy atom. The highest BCUT2D eigenvalue weighted by Gasteiger charge is 2.15. The van der Waals surface area contributed by atoms with Crippen molar-refractivity contribution in [2.24, 2.45) is 0 Å². The summed E-state index contributed by atoms with van der Waals surface area (Å²) >= 11 is 1.66. The number of rotatable bonds is 7. The fourth-order valence-electron chi connectivity index (χ4n) is 3.41. The number of thiophene rings is 1. The lowest BCUT2D eigenvalue weighted by Gasteiger charge is -2.19. The molecule has 30 heavy (non-hydrogen) atoms. The average molecular weight is 417 g/mol. The molecule has 2 aromatic heterocycles. The third kappa shape index (κ3) is 4.49. The van der Waals surface area contributed by atoms with E-state index >= 15 is 0 Å². The molecule has 0 spiro atoms. The van der Waals surface area contributed by atoms with Gasteiger partial charge in [-0.3, -0.25) is 4.79 Å². The molecule has 6 heteroatoms. The van der Waals surface area contributed by atoms with E-state index < -0.39 is 0 Å². The van der Waals surface area contributed by atoms with Gasteiger partial charge in [0.15, 0.2) is 0 Å². The van der Waals surface area contributed by atoms with Crippen molar-refractivity contribution in [2.45, 2.75) is 19.4 Å². The molecule has 1 atom stereocenters. The standard InChI is InChI=1S/C24H24N4OS/c1-17(18-9-5-3-6-10-18)27-22(29)13-14-28(2)23-20-15-21(19-11-7-4-8-12-19)30-24(20)26-16-25-23/h3-12,15-17H,13-14H2,1-2H3,(H,27,29). The summed E-state index contributed by atoms with van der Waals surface area (Å²) in [4.78, 5) is 25.5. The molecule has 5 nitrogen and oxygen atoms in total. The van der Waals surface area contributed by atoms with Crippen LogP contribution in [0.25, 0.3) is 20.7 Å². The lowest BCUT2D eigenvalue weighted by Crippen LogP contribution is -2.31. The van der Waals surface area contributed by atoms with Crippen molar-refractivity contribution >= 4 is 33.3 Å². The number of carbonyl (C=O) groups excluding carboxylic acids is 1. The largest absolute Gasteiger partial charge is 0.359 e. The van der Waals surface area contributed by atoms with E-state index in [-0.39, 0.29) is 11.9 Å². The summed E-state index contributed by atoms with van der Waals surface area (Å²) in [7, 11) is 1.97.